The van der Waals surface area contributed by atoms with E-state index >= 15 is 0 Å². The first-order chi connectivity index (χ1) is 9.21. The molecule has 0 fully saturated rings. The summed E-state index contributed by atoms with van der Waals surface area (Å²) in [6, 6.07) is 0.837. The molecule has 10 heteroatoms. The van der Waals surface area contributed by atoms with Gasteiger partial charge in [-0.1, -0.05) is 6.92 Å². The molecule has 0 saturated heterocycles. The molecule has 4 N–H and O–H groups in total. The highest BCUT2D eigenvalue weighted by atomic mass is 79.9. The van der Waals surface area contributed by atoms with Crippen molar-refractivity contribution in [2.45, 2.75) is 23.8 Å². The molecule has 114 valence electrons. The molecule has 0 saturated carbocycles. The molecular formula is C10H14BrNO7S. The van der Waals surface area contributed by atoms with Gasteiger partial charge >= 0.3 is 5.97 Å². The van der Waals surface area contributed by atoms with Crippen LogP contribution in [0.25, 0.3) is 0 Å². The Balaban J connectivity index is 3.20. The summed E-state index contributed by atoms with van der Waals surface area (Å²) in [5.41, 5.74) is -1.43. The Morgan fingerprint density at radius 3 is 2.35 bits per heavy atom. The van der Waals surface area contributed by atoms with Crippen LogP contribution in [0.2, 0.25) is 0 Å². The Bertz CT molecular complexity index is 582. The molecule has 0 bridgehead atoms. The third kappa shape index (κ3) is 3.38. The fraction of sp³-hybridized carbons (Fsp3) is 0.500. The number of carboxylic acid groups (broad SMARTS) is 1. The molecule has 0 aliphatic heterocycles. The number of aromatic carboxylic acids is 1. The van der Waals surface area contributed by atoms with Gasteiger partial charge in [0.25, 0.3) is 0 Å². The molecule has 1 aromatic heterocycles. The Morgan fingerprint density at radius 2 is 2.00 bits per heavy atom. The van der Waals surface area contributed by atoms with Gasteiger partial charge in [-0.3, -0.25) is 0 Å². The highest BCUT2D eigenvalue weighted by molar-refractivity contribution is 9.10. The number of aliphatic hydroxyl groups excluding tert-OH is 2. The highest BCUT2D eigenvalue weighted by Crippen LogP contribution is 2.27. The smallest absolute Gasteiger partial charge is 0.371 e. The van der Waals surface area contributed by atoms with Crippen LogP contribution in [0.4, 0.5) is 0 Å². The van der Waals surface area contributed by atoms with Crippen molar-refractivity contribution in [1.82, 2.24) is 4.72 Å². The maximum Gasteiger partial charge on any atom is 0.371 e. The van der Waals surface area contributed by atoms with Gasteiger partial charge in [0.15, 0.2) is 4.67 Å². The van der Waals surface area contributed by atoms with Gasteiger partial charge in [0, 0.05) is 6.07 Å². The maximum atomic E-state index is 12.2. The van der Waals surface area contributed by atoms with Gasteiger partial charge in [-0.2, -0.15) is 0 Å². The number of carboxylic acids is 1. The first-order valence-corrected chi connectivity index (χ1v) is 7.77. The first kappa shape index (κ1) is 17.1. The molecule has 0 aromatic carbocycles. The van der Waals surface area contributed by atoms with Crippen molar-refractivity contribution in [2.24, 2.45) is 0 Å². The Hall–Kier alpha value is -0.940. The number of rotatable bonds is 7. The number of aliphatic hydroxyl groups is 2. The van der Waals surface area contributed by atoms with Gasteiger partial charge in [-0.05, 0) is 22.4 Å². The number of hydrogen-bond donors (Lipinski definition) is 4. The summed E-state index contributed by atoms with van der Waals surface area (Å²) in [5, 5.41) is 27.2. The van der Waals surface area contributed by atoms with Crippen LogP contribution in [-0.2, 0) is 10.0 Å². The van der Waals surface area contributed by atoms with E-state index in [1.54, 1.807) is 6.92 Å². The van der Waals surface area contributed by atoms with Gasteiger partial charge in [-0.15, -0.1) is 0 Å². The molecule has 8 nitrogen and oxygen atoms in total. The molecular weight excluding hydrogens is 358 g/mol. The standard InChI is InChI=1S/C10H14BrNO7S/c1-2-10(4-13,5-14)12-20(17,18)7-3-6(9(15)16)19-8(7)11/h3,12-14H,2,4-5H2,1H3,(H,15,16). The van der Waals surface area contributed by atoms with Crippen molar-refractivity contribution < 1.29 is 32.9 Å². The third-order valence-electron chi connectivity index (χ3n) is 2.79. The molecule has 1 rings (SSSR count). The number of sulfonamides is 1. The van der Waals surface area contributed by atoms with Crippen LogP contribution in [0.1, 0.15) is 23.9 Å². The van der Waals surface area contributed by atoms with E-state index in [9.17, 15) is 23.4 Å². The SMILES string of the molecule is CCC(CO)(CO)NS(=O)(=O)c1cc(C(=O)O)oc1Br. The summed E-state index contributed by atoms with van der Waals surface area (Å²) < 4.78 is 31.0. The van der Waals surface area contributed by atoms with Gasteiger partial charge in [-0.25, -0.2) is 17.9 Å². The Morgan fingerprint density at radius 1 is 1.45 bits per heavy atom. The van der Waals surface area contributed by atoms with Gasteiger partial charge < -0.3 is 19.7 Å². The lowest BCUT2D eigenvalue weighted by Gasteiger charge is -2.28. The monoisotopic (exact) mass is 371 g/mol. The largest absolute Gasteiger partial charge is 0.475 e. The van der Waals surface area contributed by atoms with Crippen molar-refractivity contribution in [1.29, 1.82) is 0 Å². The molecule has 0 aliphatic carbocycles. The first-order valence-electron chi connectivity index (χ1n) is 5.49. The summed E-state index contributed by atoms with van der Waals surface area (Å²) in [7, 11) is -4.17. The van der Waals surface area contributed by atoms with Gasteiger partial charge in [0.2, 0.25) is 15.8 Å². The molecule has 1 heterocycles. The van der Waals surface area contributed by atoms with Gasteiger partial charge in [0.05, 0.1) is 18.8 Å². The molecule has 20 heavy (non-hydrogen) atoms. The minimum atomic E-state index is -4.17. The average Bonchev–Trinajstić information content (AvgIpc) is 2.79. The number of carbonyl (C=O) groups is 1. The minimum Gasteiger partial charge on any atom is -0.475 e. The van der Waals surface area contributed by atoms with E-state index < -0.39 is 45.4 Å². The lowest BCUT2D eigenvalue weighted by Crippen LogP contribution is -2.53. The molecule has 0 spiro atoms. The van der Waals surface area contributed by atoms with Crippen LogP contribution >= 0.6 is 15.9 Å². The third-order valence-corrected chi connectivity index (χ3v) is 5.22. The van der Waals surface area contributed by atoms with Crippen molar-refractivity contribution >= 4 is 31.9 Å². The molecule has 1 aromatic rings. The topological polar surface area (TPSA) is 137 Å². The number of halogens is 1. The van der Waals surface area contributed by atoms with E-state index in [0.29, 0.717) is 0 Å². The molecule has 0 amide bonds. The Kier molecular flexibility index (Phi) is 5.33. The predicted octanol–water partition coefficient (Wildman–Crippen LogP) is 0.152. The summed E-state index contributed by atoms with van der Waals surface area (Å²) in [4.78, 5) is 10.3. The van der Waals surface area contributed by atoms with E-state index in [1.807, 2.05) is 0 Å². The fourth-order valence-corrected chi connectivity index (χ4v) is 3.79. The highest BCUT2D eigenvalue weighted by Gasteiger charge is 2.35. The fourth-order valence-electron chi connectivity index (χ4n) is 1.39. The quantitative estimate of drug-likeness (QED) is 0.535. The molecule has 0 aliphatic rings. The predicted molar refractivity (Wildman–Crippen MR) is 70.9 cm³/mol. The molecule has 0 unspecified atom stereocenters. The Labute approximate surface area is 123 Å². The minimum absolute atomic E-state index is 0.139. The molecule has 0 radical (unpaired) electrons. The number of nitrogens with one attached hydrogen (secondary N) is 1. The van der Waals surface area contributed by atoms with Crippen LogP contribution in [0.3, 0.4) is 0 Å². The lowest BCUT2D eigenvalue weighted by atomic mass is 10.0. The van der Waals surface area contributed by atoms with E-state index in [-0.39, 0.29) is 11.1 Å². The van der Waals surface area contributed by atoms with Crippen molar-refractivity contribution in [2.75, 3.05) is 13.2 Å². The second-order valence-corrected chi connectivity index (χ2v) is 6.48. The second-order valence-electron chi connectivity index (χ2n) is 4.11. The average molecular weight is 372 g/mol. The zero-order chi connectivity index (χ0) is 15.6. The van der Waals surface area contributed by atoms with Crippen LogP contribution in [0.5, 0.6) is 0 Å². The summed E-state index contributed by atoms with van der Waals surface area (Å²) in [5.74, 6) is -1.97. The molecule has 0 atom stereocenters. The van der Waals surface area contributed by atoms with E-state index in [4.69, 9.17) is 9.52 Å². The van der Waals surface area contributed by atoms with Gasteiger partial charge in [0.1, 0.15) is 4.90 Å². The van der Waals surface area contributed by atoms with E-state index in [2.05, 4.69) is 20.7 Å². The summed E-state index contributed by atoms with van der Waals surface area (Å²) >= 11 is 2.82. The van der Waals surface area contributed by atoms with Crippen molar-refractivity contribution in [3.05, 3.63) is 16.5 Å². The summed E-state index contributed by atoms with van der Waals surface area (Å²) in [6.07, 6.45) is 0.139. The van der Waals surface area contributed by atoms with Crippen LogP contribution in [0.15, 0.2) is 20.0 Å². The van der Waals surface area contributed by atoms with E-state index in [0.717, 1.165) is 6.07 Å². The van der Waals surface area contributed by atoms with Crippen LogP contribution < -0.4 is 4.72 Å². The zero-order valence-electron chi connectivity index (χ0n) is 10.5. The number of hydrogen-bond acceptors (Lipinski definition) is 6. The zero-order valence-corrected chi connectivity index (χ0v) is 12.9. The van der Waals surface area contributed by atoms with Crippen LogP contribution in [-0.4, -0.2) is 48.5 Å². The normalized spacial score (nSPS) is 12.6. The number of furan rings is 1. The lowest BCUT2D eigenvalue weighted by molar-refractivity contribution is 0.0661. The second kappa shape index (κ2) is 6.22. The van der Waals surface area contributed by atoms with E-state index in [1.165, 1.54) is 0 Å². The van der Waals surface area contributed by atoms with Crippen LogP contribution in [0, 0.1) is 0 Å². The maximum absolute atomic E-state index is 12.2. The summed E-state index contributed by atoms with van der Waals surface area (Å²) in [6.45, 7) is 0.364. The van der Waals surface area contributed by atoms with Crippen molar-refractivity contribution in [3.8, 4) is 0 Å². The van der Waals surface area contributed by atoms with Crippen molar-refractivity contribution in [3.63, 3.8) is 0 Å².